The number of thiazole rings is 1. The van der Waals surface area contributed by atoms with Gasteiger partial charge in [-0.3, -0.25) is 4.79 Å². The molecule has 0 bridgehead atoms. The van der Waals surface area contributed by atoms with E-state index in [1.807, 2.05) is 19.1 Å². The number of nitrogens with two attached hydrogens (primary N) is 1. The summed E-state index contributed by atoms with van der Waals surface area (Å²) in [6.07, 6.45) is -0.0151. The van der Waals surface area contributed by atoms with E-state index in [0.29, 0.717) is 11.7 Å². The van der Waals surface area contributed by atoms with Gasteiger partial charge >= 0.3 is 0 Å². The second-order valence-corrected chi connectivity index (χ2v) is 5.37. The van der Waals surface area contributed by atoms with Gasteiger partial charge in [-0.1, -0.05) is 17.4 Å². The topological polar surface area (TPSA) is 77.2 Å². The van der Waals surface area contributed by atoms with Gasteiger partial charge in [0.2, 0.25) is 5.91 Å². The minimum absolute atomic E-state index is 0. The summed E-state index contributed by atoms with van der Waals surface area (Å²) in [5.74, 6) is -0.131. The van der Waals surface area contributed by atoms with Crippen LogP contribution in [-0.4, -0.2) is 30.6 Å². The first-order valence-electron chi connectivity index (χ1n) is 6.02. The molecule has 3 N–H and O–H groups in total. The monoisotopic (exact) mass is 315 g/mol. The molecule has 0 aliphatic carbocycles. The van der Waals surface area contributed by atoms with Gasteiger partial charge in [-0.05, 0) is 24.6 Å². The van der Waals surface area contributed by atoms with Crippen LogP contribution in [0.15, 0.2) is 18.2 Å². The highest BCUT2D eigenvalue weighted by atomic mass is 35.5. The van der Waals surface area contributed by atoms with Crippen LogP contribution in [0.3, 0.4) is 0 Å². The molecule has 2 rings (SSSR count). The van der Waals surface area contributed by atoms with Gasteiger partial charge in [0.25, 0.3) is 0 Å². The fraction of sp³-hybridized carbons (Fsp3) is 0.385. The molecule has 0 aliphatic heterocycles. The summed E-state index contributed by atoms with van der Waals surface area (Å²) in [5, 5.41) is 3.39. The van der Waals surface area contributed by atoms with Crippen molar-refractivity contribution < 1.29 is 9.53 Å². The SMILES string of the molecule is COC(CN)CC(=O)Nc1nc2ccc(C)cc2s1.Cl. The second-order valence-electron chi connectivity index (χ2n) is 4.34. The standard InChI is InChI=1S/C13H17N3O2S.ClH/c1-8-3-4-10-11(5-8)19-13(15-10)16-12(17)6-9(7-14)18-2;/h3-5,9H,6-7,14H2,1-2H3,(H,15,16,17);1H. The van der Waals surface area contributed by atoms with Gasteiger partial charge in [0.1, 0.15) is 0 Å². The summed E-state index contributed by atoms with van der Waals surface area (Å²) in [6, 6.07) is 6.01. The molecular formula is C13H18ClN3O2S. The lowest BCUT2D eigenvalue weighted by atomic mass is 10.2. The zero-order chi connectivity index (χ0) is 13.8. The average Bonchev–Trinajstić information content (AvgIpc) is 2.77. The molecule has 0 saturated heterocycles. The maximum absolute atomic E-state index is 11.8. The maximum atomic E-state index is 11.8. The molecule has 0 fully saturated rings. The predicted octanol–water partition coefficient (Wildman–Crippen LogP) is 2.33. The second kappa shape index (κ2) is 7.54. The number of rotatable bonds is 5. The number of nitrogens with zero attached hydrogens (tertiary/aromatic N) is 1. The maximum Gasteiger partial charge on any atom is 0.228 e. The molecule has 1 aromatic heterocycles. The molecule has 0 aliphatic rings. The Morgan fingerprint density at radius 1 is 1.55 bits per heavy atom. The number of anilines is 1. The number of benzene rings is 1. The van der Waals surface area contributed by atoms with Gasteiger partial charge in [-0.15, -0.1) is 12.4 Å². The smallest absolute Gasteiger partial charge is 0.228 e. The van der Waals surface area contributed by atoms with Crippen LogP contribution in [0.4, 0.5) is 5.13 Å². The zero-order valence-electron chi connectivity index (χ0n) is 11.4. The van der Waals surface area contributed by atoms with Crippen LogP contribution in [0, 0.1) is 6.92 Å². The number of amides is 1. The van der Waals surface area contributed by atoms with Crippen molar-refractivity contribution in [3.05, 3.63) is 23.8 Å². The summed E-state index contributed by atoms with van der Waals surface area (Å²) < 4.78 is 6.15. The summed E-state index contributed by atoms with van der Waals surface area (Å²) in [5.41, 5.74) is 7.56. The first kappa shape index (κ1) is 16.8. The lowest BCUT2D eigenvalue weighted by Gasteiger charge is -2.11. The van der Waals surface area contributed by atoms with E-state index in [1.165, 1.54) is 16.9 Å². The highest BCUT2D eigenvalue weighted by Gasteiger charge is 2.13. The summed E-state index contributed by atoms with van der Waals surface area (Å²) in [6.45, 7) is 2.35. The number of carbonyl (C=O) groups is 1. The molecule has 5 nitrogen and oxygen atoms in total. The average molecular weight is 316 g/mol. The highest BCUT2D eigenvalue weighted by molar-refractivity contribution is 7.22. The Hall–Kier alpha value is -1.21. The number of aryl methyl sites for hydroxylation is 1. The Bertz CT molecular complexity index is 584. The molecule has 0 saturated carbocycles. The first-order valence-corrected chi connectivity index (χ1v) is 6.84. The van der Waals surface area contributed by atoms with Crippen molar-refractivity contribution in [1.29, 1.82) is 0 Å². The van der Waals surface area contributed by atoms with Gasteiger partial charge < -0.3 is 15.8 Å². The Morgan fingerprint density at radius 3 is 2.95 bits per heavy atom. The number of aromatic nitrogens is 1. The van der Waals surface area contributed by atoms with E-state index < -0.39 is 0 Å². The number of carbonyl (C=O) groups excluding carboxylic acids is 1. The molecule has 110 valence electrons. The van der Waals surface area contributed by atoms with Crippen molar-refractivity contribution in [3.8, 4) is 0 Å². The van der Waals surface area contributed by atoms with E-state index in [-0.39, 0.29) is 30.8 Å². The van der Waals surface area contributed by atoms with Gasteiger partial charge in [-0.25, -0.2) is 4.98 Å². The molecule has 1 heterocycles. The van der Waals surface area contributed by atoms with Crippen molar-refractivity contribution >= 4 is 45.0 Å². The van der Waals surface area contributed by atoms with Gasteiger partial charge in [0, 0.05) is 13.7 Å². The molecule has 2 aromatic rings. The van der Waals surface area contributed by atoms with E-state index >= 15 is 0 Å². The molecule has 20 heavy (non-hydrogen) atoms. The van der Waals surface area contributed by atoms with Crippen molar-refractivity contribution in [3.63, 3.8) is 0 Å². The number of hydrogen-bond acceptors (Lipinski definition) is 5. The lowest BCUT2D eigenvalue weighted by Crippen LogP contribution is -2.28. The molecule has 1 atom stereocenters. The number of methoxy groups -OCH3 is 1. The summed E-state index contributed by atoms with van der Waals surface area (Å²) in [7, 11) is 1.55. The van der Waals surface area contributed by atoms with Crippen LogP contribution < -0.4 is 11.1 Å². The third-order valence-electron chi connectivity index (χ3n) is 2.80. The molecule has 1 aromatic carbocycles. The summed E-state index contributed by atoms with van der Waals surface area (Å²) in [4.78, 5) is 16.2. The quantitative estimate of drug-likeness (QED) is 0.887. The molecule has 7 heteroatoms. The van der Waals surface area contributed by atoms with Crippen LogP contribution in [0.2, 0.25) is 0 Å². The minimum Gasteiger partial charge on any atom is -0.380 e. The Morgan fingerprint density at radius 2 is 2.30 bits per heavy atom. The Kier molecular flexibility index (Phi) is 6.35. The van der Waals surface area contributed by atoms with Crippen molar-refractivity contribution in [2.24, 2.45) is 5.73 Å². The third-order valence-corrected chi connectivity index (χ3v) is 3.73. The number of ether oxygens (including phenoxy) is 1. The molecule has 0 radical (unpaired) electrons. The fourth-order valence-electron chi connectivity index (χ4n) is 1.73. The van der Waals surface area contributed by atoms with E-state index in [2.05, 4.69) is 16.4 Å². The van der Waals surface area contributed by atoms with E-state index in [1.54, 1.807) is 7.11 Å². The van der Waals surface area contributed by atoms with Gasteiger partial charge in [0.15, 0.2) is 5.13 Å². The predicted molar refractivity (Wildman–Crippen MR) is 84.7 cm³/mol. The molecule has 0 spiro atoms. The zero-order valence-corrected chi connectivity index (χ0v) is 13.0. The Labute approximate surface area is 127 Å². The molecular weight excluding hydrogens is 298 g/mol. The normalized spacial score (nSPS) is 11.9. The molecule has 1 unspecified atom stereocenters. The van der Waals surface area contributed by atoms with Crippen LogP contribution in [0.1, 0.15) is 12.0 Å². The minimum atomic E-state index is -0.253. The molecule has 1 amide bonds. The van der Waals surface area contributed by atoms with Crippen LogP contribution in [0.5, 0.6) is 0 Å². The van der Waals surface area contributed by atoms with Crippen molar-refractivity contribution in [2.75, 3.05) is 19.0 Å². The van der Waals surface area contributed by atoms with E-state index in [9.17, 15) is 4.79 Å². The highest BCUT2D eigenvalue weighted by Crippen LogP contribution is 2.26. The van der Waals surface area contributed by atoms with Crippen molar-refractivity contribution in [1.82, 2.24) is 4.98 Å². The number of hydrogen-bond donors (Lipinski definition) is 2. The third kappa shape index (κ3) is 4.14. The number of halogens is 1. The number of nitrogens with one attached hydrogen (secondary N) is 1. The van der Waals surface area contributed by atoms with Crippen molar-refractivity contribution in [2.45, 2.75) is 19.4 Å². The summed E-state index contributed by atoms with van der Waals surface area (Å²) >= 11 is 1.47. The van der Waals surface area contributed by atoms with E-state index in [0.717, 1.165) is 10.2 Å². The first-order chi connectivity index (χ1) is 9.12. The van der Waals surface area contributed by atoms with Crippen LogP contribution in [-0.2, 0) is 9.53 Å². The van der Waals surface area contributed by atoms with Gasteiger partial charge in [-0.2, -0.15) is 0 Å². The number of fused-ring (bicyclic) bond motifs is 1. The Balaban J connectivity index is 0.00000200. The lowest BCUT2D eigenvalue weighted by molar-refractivity contribution is -0.118. The van der Waals surface area contributed by atoms with Gasteiger partial charge in [0.05, 0.1) is 22.7 Å². The van der Waals surface area contributed by atoms with Crippen LogP contribution in [0.25, 0.3) is 10.2 Å². The van der Waals surface area contributed by atoms with E-state index in [4.69, 9.17) is 10.5 Å². The largest absolute Gasteiger partial charge is 0.380 e. The fourth-order valence-corrected chi connectivity index (χ4v) is 2.71. The van der Waals surface area contributed by atoms with Crippen LogP contribution >= 0.6 is 23.7 Å².